The second-order valence-electron chi connectivity index (χ2n) is 5.81. The summed E-state index contributed by atoms with van der Waals surface area (Å²) in [5.41, 5.74) is 1.06. The monoisotopic (exact) mass is 291 g/mol. The predicted octanol–water partition coefficient (Wildman–Crippen LogP) is 2.36. The van der Waals surface area contributed by atoms with Gasteiger partial charge in [-0.15, -0.1) is 0 Å². The van der Waals surface area contributed by atoms with Crippen LogP contribution in [0.1, 0.15) is 37.3 Å². The number of ether oxygens (including phenoxy) is 2. The Hall–Kier alpha value is -1.75. The lowest BCUT2D eigenvalue weighted by Gasteiger charge is -2.27. The summed E-state index contributed by atoms with van der Waals surface area (Å²) in [5, 5.41) is 12.4. The SMILES string of the molecule is COc1ccc(C2CC(C(=O)O)CN2)cc1OC1CCC1. The smallest absolute Gasteiger partial charge is 0.307 e. The number of benzene rings is 1. The number of nitrogens with one attached hydrogen (secondary N) is 1. The molecular weight excluding hydrogens is 270 g/mol. The molecule has 1 heterocycles. The van der Waals surface area contributed by atoms with Gasteiger partial charge < -0.3 is 19.9 Å². The third-order valence-corrected chi connectivity index (χ3v) is 4.42. The fourth-order valence-electron chi connectivity index (χ4n) is 2.85. The van der Waals surface area contributed by atoms with E-state index in [9.17, 15) is 4.79 Å². The molecule has 2 aliphatic rings. The highest BCUT2D eigenvalue weighted by Gasteiger charge is 2.31. The molecule has 0 aromatic heterocycles. The maximum atomic E-state index is 11.1. The van der Waals surface area contributed by atoms with E-state index in [2.05, 4.69) is 5.32 Å². The van der Waals surface area contributed by atoms with E-state index in [1.165, 1.54) is 6.42 Å². The van der Waals surface area contributed by atoms with Crippen LogP contribution < -0.4 is 14.8 Å². The molecule has 1 aromatic rings. The Bertz CT molecular complexity index is 527. The van der Waals surface area contributed by atoms with Crippen LogP contribution in [0.15, 0.2) is 18.2 Å². The zero-order valence-electron chi connectivity index (χ0n) is 12.2. The standard InChI is InChI=1S/C16H21NO4/c1-20-14-6-5-10(8-15(14)21-12-3-2-4-12)13-7-11(9-17-13)16(18)19/h5-6,8,11-13,17H,2-4,7,9H2,1H3,(H,18,19). The zero-order chi connectivity index (χ0) is 14.8. The first-order chi connectivity index (χ1) is 10.2. The second kappa shape index (κ2) is 5.93. The molecule has 21 heavy (non-hydrogen) atoms. The van der Waals surface area contributed by atoms with E-state index in [0.29, 0.717) is 13.0 Å². The Labute approximate surface area is 124 Å². The van der Waals surface area contributed by atoms with Crippen LogP contribution in [0, 0.1) is 5.92 Å². The summed E-state index contributed by atoms with van der Waals surface area (Å²) in [4.78, 5) is 11.1. The molecule has 3 rings (SSSR count). The van der Waals surface area contributed by atoms with Crippen molar-refractivity contribution < 1.29 is 19.4 Å². The van der Waals surface area contributed by atoms with Crippen molar-refractivity contribution in [2.75, 3.05) is 13.7 Å². The van der Waals surface area contributed by atoms with Crippen molar-refractivity contribution in [2.24, 2.45) is 5.92 Å². The van der Waals surface area contributed by atoms with Crippen LogP contribution >= 0.6 is 0 Å². The highest BCUT2D eigenvalue weighted by atomic mass is 16.5. The van der Waals surface area contributed by atoms with Gasteiger partial charge in [0.2, 0.25) is 0 Å². The average Bonchev–Trinajstić information content (AvgIpc) is 2.92. The lowest BCUT2D eigenvalue weighted by Crippen LogP contribution is -2.25. The van der Waals surface area contributed by atoms with Gasteiger partial charge in [0.15, 0.2) is 11.5 Å². The lowest BCUT2D eigenvalue weighted by molar-refractivity contribution is -0.141. The van der Waals surface area contributed by atoms with E-state index in [0.717, 1.165) is 29.9 Å². The Morgan fingerprint density at radius 3 is 2.71 bits per heavy atom. The molecule has 5 heteroatoms. The van der Waals surface area contributed by atoms with Gasteiger partial charge in [0, 0.05) is 12.6 Å². The summed E-state index contributed by atoms with van der Waals surface area (Å²) >= 11 is 0. The van der Waals surface area contributed by atoms with Gasteiger partial charge >= 0.3 is 5.97 Å². The van der Waals surface area contributed by atoms with Crippen molar-refractivity contribution in [3.63, 3.8) is 0 Å². The maximum Gasteiger partial charge on any atom is 0.307 e. The van der Waals surface area contributed by atoms with Gasteiger partial charge in [-0.05, 0) is 43.4 Å². The number of carboxylic acid groups (broad SMARTS) is 1. The molecule has 1 aliphatic carbocycles. The topological polar surface area (TPSA) is 67.8 Å². The minimum Gasteiger partial charge on any atom is -0.493 e. The van der Waals surface area contributed by atoms with Gasteiger partial charge in [0.25, 0.3) is 0 Å². The summed E-state index contributed by atoms with van der Waals surface area (Å²) in [6, 6.07) is 5.94. The molecule has 2 N–H and O–H groups in total. The molecule has 2 fully saturated rings. The number of rotatable bonds is 5. The normalized spacial score (nSPS) is 25.4. The van der Waals surface area contributed by atoms with E-state index in [-0.39, 0.29) is 18.1 Å². The molecule has 0 radical (unpaired) electrons. The van der Waals surface area contributed by atoms with Crippen LogP contribution in [0.5, 0.6) is 11.5 Å². The molecule has 0 spiro atoms. The van der Waals surface area contributed by atoms with Gasteiger partial charge in [-0.1, -0.05) is 6.07 Å². The van der Waals surface area contributed by atoms with Crippen LogP contribution in [0.25, 0.3) is 0 Å². The summed E-state index contributed by atoms with van der Waals surface area (Å²) < 4.78 is 11.3. The Morgan fingerprint density at radius 2 is 2.14 bits per heavy atom. The van der Waals surface area contributed by atoms with Crippen LogP contribution in [0.4, 0.5) is 0 Å². The molecule has 0 amide bonds. The number of methoxy groups -OCH3 is 1. The van der Waals surface area contributed by atoms with Crippen molar-refractivity contribution in [2.45, 2.75) is 37.8 Å². The lowest BCUT2D eigenvalue weighted by atomic mass is 9.96. The predicted molar refractivity (Wildman–Crippen MR) is 77.7 cm³/mol. The van der Waals surface area contributed by atoms with Crippen LogP contribution in [-0.4, -0.2) is 30.8 Å². The molecule has 2 unspecified atom stereocenters. The fraction of sp³-hybridized carbons (Fsp3) is 0.562. The second-order valence-corrected chi connectivity index (χ2v) is 5.81. The van der Waals surface area contributed by atoms with E-state index in [1.807, 2.05) is 18.2 Å². The van der Waals surface area contributed by atoms with Crippen molar-refractivity contribution in [1.29, 1.82) is 0 Å². The van der Waals surface area contributed by atoms with E-state index in [4.69, 9.17) is 14.6 Å². The minimum absolute atomic E-state index is 0.0701. The van der Waals surface area contributed by atoms with Crippen LogP contribution in [0.2, 0.25) is 0 Å². The van der Waals surface area contributed by atoms with Gasteiger partial charge in [-0.25, -0.2) is 0 Å². The molecule has 2 atom stereocenters. The molecular formula is C16H21NO4. The maximum absolute atomic E-state index is 11.1. The zero-order valence-corrected chi connectivity index (χ0v) is 12.2. The number of carbonyl (C=O) groups is 1. The highest BCUT2D eigenvalue weighted by molar-refractivity contribution is 5.70. The van der Waals surface area contributed by atoms with E-state index in [1.54, 1.807) is 7.11 Å². The van der Waals surface area contributed by atoms with Crippen molar-refractivity contribution in [1.82, 2.24) is 5.32 Å². The van der Waals surface area contributed by atoms with Gasteiger partial charge in [-0.3, -0.25) is 4.79 Å². The molecule has 0 bridgehead atoms. The van der Waals surface area contributed by atoms with Crippen LogP contribution in [-0.2, 0) is 4.79 Å². The van der Waals surface area contributed by atoms with Crippen molar-refractivity contribution in [3.8, 4) is 11.5 Å². The fourth-order valence-corrected chi connectivity index (χ4v) is 2.85. The molecule has 1 aromatic carbocycles. The summed E-state index contributed by atoms with van der Waals surface area (Å²) in [7, 11) is 1.64. The first kappa shape index (κ1) is 14.2. The molecule has 1 saturated carbocycles. The first-order valence-electron chi connectivity index (χ1n) is 7.48. The summed E-state index contributed by atoms with van der Waals surface area (Å²) in [5.74, 6) is 0.455. The highest BCUT2D eigenvalue weighted by Crippen LogP contribution is 2.36. The Morgan fingerprint density at radius 1 is 1.33 bits per heavy atom. The van der Waals surface area contributed by atoms with Crippen molar-refractivity contribution in [3.05, 3.63) is 23.8 Å². The molecule has 1 saturated heterocycles. The number of aliphatic carboxylic acids is 1. The number of hydrogen-bond donors (Lipinski definition) is 2. The third kappa shape index (κ3) is 2.97. The van der Waals surface area contributed by atoms with Gasteiger partial charge in [0.05, 0.1) is 19.1 Å². The Balaban J connectivity index is 1.76. The quantitative estimate of drug-likeness (QED) is 0.871. The first-order valence-corrected chi connectivity index (χ1v) is 7.48. The molecule has 1 aliphatic heterocycles. The van der Waals surface area contributed by atoms with Crippen LogP contribution in [0.3, 0.4) is 0 Å². The summed E-state index contributed by atoms with van der Waals surface area (Å²) in [6.07, 6.45) is 4.31. The third-order valence-electron chi connectivity index (χ3n) is 4.42. The van der Waals surface area contributed by atoms with Crippen molar-refractivity contribution >= 4 is 5.97 Å². The van der Waals surface area contributed by atoms with E-state index >= 15 is 0 Å². The number of carboxylic acids is 1. The number of hydrogen-bond acceptors (Lipinski definition) is 4. The summed E-state index contributed by atoms with van der Waals surface area (Å²) in [6.45, 7) is 0.519. The Kier molecular flexibility index (Phi) is 4.01. The largest absolute Gasteiger partial charge is 0.493 e. The minimum atomic E-state index is -0.732. The van der Waals surface area contributed by atoms with E-state index < -0.39 is 5.97 Å². The average molecular weight is 291 g/mol. The van der Waals surface area contributed by atoms with Gasteiger partial charge in [0.1, 0.15) is 0 Å². The van der Waals surface area contributed by atoms with Gasteiger partial charge in [-0.2, -0.15) is 0 Å². The molecule has 5 nitrogen and oxygen atoms in total. The molecule has 114 valence electrons.